The molecule has 208 valence electrons. The summed E-state index contributed by atoms with van der Waals surface area (Å²) < 4.78 is 28.0. The van der Waals surface area contributed by atoms with Gasteiger partial charge in [-0.2, -0.15) is 0 Å². The van der Waals surface area contributed by atoms with Crippen LogP contribution in [0.5, 0.6) is 11.5 Å². The van der Waals surface area contributed by atoms with Crippen molar-refractivity contribution in [1.82, 2.24) is 0 Å². The number of ether oxygens (including phenoxy) is 5. The molecule has 0 radical (unpaired) electrons. The van der Waals surface area contributed by atoms with Crippen LogP contribution in [-0.2, 0) is 28.5 Å². The van der Waals surface area contributed by atoms with Gasteiger partial charge in [-0.15, -0.1) is 0 Å². The predicted octanol–water partition coefficient (Wildman–Crippen LogP) is 5.06. The monoisotopic (exact) mass is 552 g/mol. The molecule has 6 rings (SSSR count). The van der Waals surface area contributed by atoms with E-state index in [2.05, 4.69) is 0 Å². The fraction of sp³-hybridized carbons (Fsp3) is 0.212. The summed E-state index contributed by atoms with van der Waals surface area (Å²) in [4.78, 5) is 25.1. The summed E-state index contributed by atoms with van der Waals surface area (Å²) in [5.41, 5.74) is 1.68. The van der Waals surface area contributed by atoms with Crippen LogP contribution in [0.15, 0.2) is 84.9 Å². The minimum atomic E-state index is -0.604. The van der Waals surface area contributed by atoms with Gasteiger partial charge >= 0.3 is 11.9 Å². The van der Waals surface area contributed by atoms with Crippen molar-refractivity contribution >= 4 is 45.6 Å². The molecule has 4 atom stereocenters. The van der Waals surface area contributed by atoms with Gasteiger partial charge in [0, 0.05) is 12.2 Å². The number of rotatable bonds is 7. The Morgan fingerprint density at radius 2 is 1.20 bits per heavy atom. The number of methoxy groups -OCH3 is 1. The highest BCUT2D eigenvalue weighted by atomic mass is 16.7. The number of esters is 2. The summed E-state index contributed by atoms with van der Waals surface area (Å²) in [6.07, 6.45) is 3.87. The second-order valence-corrected chi connectivity index (χ2v) is 9.98. The largest absolute Gasteiger partial charge is 0.508 e. The zero-order valence-electron chi connectivity index (χ0n) is 22.3. The molecule has 2 heterocycles. The summed E-state index contributed by atoms with van der Waals surface area (Å²) >= 11 is 0. The molecule has 0 spiro atoms. The van der Waals surface area contributed by atoms with E-state index in [0.717, 1.165) is 38.4 Å². The molecule has 1 N–H and O–H groups in total. The molecule has 4 unspecified atom stereocenters. The van der Waals surface area contributed by atoms with Gasteiger partial charge in [0.05, 0.1) is 20.3 Å². The molecule has 4 aromatic carbocycles. The maximum Gasteiger partial charge on any atom is 0.331 e. The third kappa shape index (κ3) is 5.94. The topological polar surface area (TPSA) is 101 Å². The Kier molecular flexibility index (Phi) is 7.41. The first-order valence-electron chi connectivity index (χ1n) is 13.3. The molecule has 0 aromatic heterocycles. The van der Waals surface area contributed by atoms with E-state index in [-0.39, 0.29) is 19.0 Å². The molecule has 2 saturated heterocycles. The van der Waals surface area contributed by atoms with Gasteiger partial charge in [-0.1, -0.05) is 36.4 Å². The number of carbonyl (C=O) groups excluding carboxylic acids is 2. The average Bonchev–Trinajstić information content (AvgIpc) is 3.57. The molecule has 8 nitrogen and oxygen atoms in total. The number of fused-ring (bicyclic) bond motifs is 3. The van der Waals surface area contributed by atoms with Crippen LogP contribution in [0.4, 0.5) is 0 Å². The first-order valence-corrected chi connectivity index (χ1v) is 13.3. The molecule has 0 aliphatic carbocycles. The first kappa shape index (κ1) is 26.6. The molecule has 41 heavy (non-hydrogen) atoms. The Morgan fingerprint density at radius 3 is 1.76 bits per heavy atom. The van der Waals surface area contributed by atoms with Crippen LogP contribution >= 0.6 is 0 Å². The lowest BCUT2D eigenvalue weighted by Crippen LogP contribution is -2.35. The molecule has 0 saturated carbocycles. The number of aromatic hydroxyl groups is 1. The quantitative estimate of drug-likeness (QED) is 0.251. The van der Waals surface area contributed by atoms with Crippen molar-refractivity contribution in [3.8, 4) is 11.5 Å². The lowest BCUT2D eigenvalue weighted by Gasteiger charge is -2.16. The van der Waals surface area contributed by atoms with Crippen LogP contribution in [0.2, 0.25) is 0 Å². The van der Waals surface area contributed by atoms with Gasteiger partial charge < -0.3 is 28.8 Å². The third-order valence-electron chi connectivity index (χ3n) is 7.24. The molecule has 0 bridgehead atoms. The van der Waals surface area contributed by atoms with Gasteiger partial charge in [-0.3, -0.25) is 0 Å². The van der Waals surface area contributed by atoms with Crippen LogP contribution in [0, 0.1) is 0 Å². The van der Waals surface area contributed by atoms with Crippen molar-refractivity contribution in [2.75, 3.05) is 20.3 Å². The molecule has 2 aliphatic rings. The molecule has 2 aliphatic heterocycles. The standard InChI is InChI=1S/C33H28O8/c1-37-27-11-9-23-15-21(3-7-25(23)17-27)5-13-31(36)41-29-19-39-32-28(18-38-33(29)32)40-30(35)12-4-20-2-6-24-16-26(34)10-8-22(24)14-20/h2-17,28-29,32-34H,18-19H2,1H3/b12-4+,13-5+. The summed E-state index contributed by atoms with van der Waals surface area (Å²) in [7, 11) is 1.63. The highest BCUT2D eigenvalue weighted by Crippen LogP contribution is 2.31. The Bertz CT molecular complexity index is 1670. The number of phenols is 1. The van der Waals surface area contributed by atoms with Crippen LogP contribution in [0.1, 0.15) is 11.1 Å². The van der Waals surface area contributed by atoms with Crippen molar-refractivity contribution in [2.24, 2.45) is 0 Å². The predicted molar refractivity (Wildman–Crippen MR) is 153 cm³/mol. The fourth-order valence-corrected chi connectivity index (χ4v) is 5.16. The normalized spacial score (nSPS) is 22.0. The smallest absolute Gasteiger partial charge is 0.331 e. The van der Waals surface area contributed by atoms with E-state index in [1.54, 1.807) is 31.4 Å². The third-order valence-corrected chi connectivity index (χ3v) is 7.24. The second kappa shape index (κ2) is 11.4. The molecule has 4 aromatic rings. The number of benzene rings is 4. The number of hydrogen-bond donors (Lipinski definition) is 1. The Morgan fingerprint density at radius 1 is 0.707 bits per heavy atom. The summed E-state index contributed by atoms with van der Waals surface area (Å²) in [5, 5.41) is 13.5. The van der Waals surface area contributed by atoms with Gasteiger partial charge in [0.25, 0.3) is 0 Å². The minimum Gasteiger partial charge on any atom is -0.508 e. The maximum absolute atomic E-state index is 12.5. The van der Waals surface area contributed by atoms with Crippen LogP contribution in [-0.4, -0.2) is 61.8 Å². The number of carbonyl (C=O) groups is 2. The molecule has 2 fully saturated rings. The highest BCUT2D eigenvalue weighted by Gasteiger charge is 2.51. The number of hydrogen-bond acceptors (Lipinski definition) is 8. The Hall–Kier alpha value is -4.66. The van der Waals surface area contributed by atoms with E-state index in [9.17, 15) is 14.7 Å². The van der Waals surface area contributed by atoms with Crippen molar-refractivity contribution in [2.45, 2.75) is 24.4 Å². The second-order valence-electron chi connectivity index (χ2n) is 9.98. The van der Waals surface area contributed by atoms with Crippen molar-refractivity contribution in [3.05, 3.63) is 96.1 Å². The zero-order valence-corrected chi connectivity index (χ0v) is 22.3. The van der Waals surface area contributed by atoms with E-state index in [1.807, 2.05) is 60.7 Å². The summed E-state index contributed by atoms with van der Waals surface area (Å²) in [5.74, 6) is -0.0438. The van der Waals surface area contributed by atoms with E-state index in [1.165, 1.54) is 12.2 Å². The Balaban J connectivity index is 1.02. The fourth-order valence-electron chi connectivity index (χ4n) is 5.16. The van der Waals surface area contributed by atoms with E-state index >= 15 is 0 Å². The van der Waals surface area contributed by atoms with Gasteiger partial charge in [0.1, 0.15) is 23.7 Å². The SMILES string of the molecule is COc1ccc2cc(/C=C/C(=O)OC3COC4C(OC(=O)/C=C/c5ccc6cc(O)ccc6c5)COC34)ccc2c1. The maximum atomic E-state index is 12.5. The summed E-state index contributed by atoms with van der Waals surface area (Å²) in [6.45, 7) is 0.309. The minimum absolute atomic E-state index is 0.153. The lowest BCUT2D eigenvalue weighted by atomic mass is 10.1. The lowest BCUT2D eigenvalue weighted by molar-refractivity contribution is -0.149. The van der Waals surface area contributed by atoms with Crippen LogP contribution < -0.4 is 4.74 Å². The average molecular weight is 553 g/mol. The molecule has 8 heteroatoms. The Labute approximate surface area is 236 Å². The van der Waals surface area contributed by atoms with Crippen molar-refractivity contribution in [3.63, 3.8) is 0 Å². The van der Waals surface area contributed by atoms with E-state index in [0.29, 0.717) is 0 Å². The number of phenolic OH excluding ortho intramolecular Hbond substituents is 1. The van der Waals surface area contributed by atoms with Gasteiger partial charge in [-0.25, -0.2) is 9.59 Å². The van der Waals surface area contributed by atoms with Gasteiger partial charge in [0.15, 0.2) is 12.2 Å². The molecular formula is C33H28O8. The van der Waals surface area contributed by atoms with Crippen LogP contribution in [0.3, 0.4) is 0 Å². The van der Waals surface area contributed by atoms with E-state index in [4.69, 9.17) is 23.7 Å². The van der Waals surface area contributed by atoms with Gasteiger partial charge in [0.2, 0.25) is 0 Å². The summed E-state index contributed by atoms with van der Waals surface area (Å²) in [6, 6.07) is 22.4. The highest BCUT2D eigenvalue weighted by molar-refractivity contribution is 5.91. The van der Waals surface area contributed by atoms with Crippen molar-refractivity contribution in [1.29, 1.82) is 0 Å². The first-order chi connectivity index (χ1) is 19.9. The van der Waals surface area contributed by atoms with Crippen molar-refractivity contribution < 1.29 is 38.4 Å². The molecule has 0 amide bonds. The van der Waals surface area contributed by atoms with Crippen LogP contribution in [0.25, 0.3) is 33.7 Å². The van der Waals surface area contributed by atoms with E-state index < -0.39 is 36.4 Å². The molecular weight excluding hydrogens is 524 g/mol. The zero-order chi connectivity index (χ0) is 28.3. The van der Waals surface area contributed by atoms with Gasteiger partial charge in [-0.05, 0) is 81.2 Å².